The molecule has 0 atom stereocenters. The third-order valence-electron chi connectivity index (χ3n) is 7.58. The zero-order chi connectivity index (χ0) is 47.6. The van der Waals surface area contributed by atoms with Crippen LogP contribution < -0.4 is 0 Å². The van der Waals surface area contributed by atoms with Gasteiger partial charge in [-0.2, -0.15) is 53.1 Å². The Morgan fingerprint density at radius 2 is 1.18 bits per heavy atom. The summed E-state index contributed by atoms with van der Waals surface area (Å²) in [5.74, 6) is -0.187. The SMILES string of the molecule is CC(=O)C=C(C)O.CC(=O)C=C(C)O.CC(=O)C=C(C)O.Cc1c[c-]c(-n2ccnn2)c(C)c1.Cc1cccc(C)c1-c1c[c-]c(-n2cncn2)cc1.[Pt].[Pt].[Pt].[c-]1cnccc1-n1cnnn1. The van der Waals surface area contributed by atoms with E-state index in [4.69, 9.17) is 15.3 Å². The summed E-state index contributed by atoms with van der Waals surface area (Å²) >= 11 is 0. The largest absolute Gasteiger partial charge is 0.512 e. The molecule has 0 radical (unpaired) electrons. The zero-order valence-corrected chi connectivity index (χ0v) is 45.2. The Hall–Kier alpha value is -6.15. The number of aromatic nitrogens is 11. The molecule has 4 heterocycles. The van der Waals surface area contributed by atoms with Crippen molar-refractivity contribution in [2.45, 2.75) is 69.2 Å². The average molecular weight is 1450 g/mol. The van der Waals surface area contributed by atoms with E-state index >= 15 is 0 Å². The number of hydrogen-bond acceptors (Lipinski definition) is 14. The first-order valence-electron chi connectivity index (χ1n) is 19.3. The molecule has 0 saturated carbocycles. The standard InChI is InChI=1S/C16H14N3.C10H10N3.C6H4N5.3C5H8O2.3Pt/c1-12-4-3-5-13(2)16(12)14-6-8-15(9-7-14)19-11-17-10-18-19;1-8-3-4-10(9(2)7-8)13-6-5-11-12-13;1-3-7-4-2-6(1)11-5-8-9-10-11;3*1-4(6)3-5(2)7;;;/h3-8,10-11H,1-2H3;3,5-7H,1-2H3;1,3-5H;3*3,6H,1-2H3;;;/q3*-1;;;;;;. The van der Waals surface area contributed by atoms with Crippen LogP contribution in [-0.4, -0.2) is 87.6 Å². The normalized spacial score (nSPS) is 10.2. The van der Waals surface area contributed by atoms with E-state index in [-0.39, 0.29) is 97.8 Å². The van der Waals surface area contributed by atoms with Gasteiger partial charge >= 0.3 is 0 Å². The van der Waals surface area contributed by atoms with Crippen LogP contribution in [0.1, 0.15) is 63.8 Å². The van der Waals surface area contributed by atoms with Crippen LogP contribution in [0.25, 0.3) is 28.2 Å². The zero-order valence-electron chi connectivity index (χ0n) is 38.4. The van der Waals surface area contributed by atoms with Crippen molar-refractivity contribution in [3.63, 3.8) is 0 Å². The van der Waals surface area contributed by atoms with Crippen molar-refractivity contribution in [2.24, 2.45) is 0 Å². The topological polar surface area (TPSA) is 230 Å². The minimum absolute atomic E-state index is 0. The molecule has 7 rings (SSSR count). The monoisotopic (exact) mass is 1450 g/mol. The molecule has 7 aromatic rings. The molecular formula is C47H52N11O6Pt3-3. The summed E-state index contributed by atoms with van der Waals surface area (Å²) in [5.41, 5.74) is 10.0. The number of ketones is 3. The molecule has 0 aliphatic rings. The predicted octanol–water partition coefficient (Wildman–Crippen LogP) is 8.00. The van der Waals surface area contributed by atoms with Crippen LogP contribution in [0, 0.1) is 45.9 Å². The Labute approximate surface area is 434 Å². The number of carbonyl (C=O) groups is 3. The Morgan fingerprint density at radius 1 is 0.597 bits per heavy atom. The Balaban J connectivity index is 0. The third-order valence-corrected chi connectivity index (χ3v) is 7.58. The minimum Gasteiger partial charge on any atom is -0.512 e. The number of aliphatic hydroxyl groups excluding tert-OH is 3. The molecule has 4 aromatic heterocycles. The third kappa shape index (κ3) is 26.0. The van der Waals surface area contributed by atoms with Crippen molar-refractivity contribution in [1.82, 2.24) is 54.9 Å². The molecule has 0 bridgehead atoms. The average Bonchev–Trinajstić information content (AvgIpc) is 4.04. The van der Waals surface area contributed by atoms with Gasteiger partial charge in [0.25, 0.3) is 0 Å². The van der Waals surface area contributed by atoms with Crippen LogP contribution in [0.2, 0.25) is 0 Å². The van der Waals surface area contributed by atoms with Gasteiger partial charge in [-0.25, -0.2) is 25.1 Å². The molecule has 0 unspecified atom stereocenters. The van der Waals surface area contributed by atoms with Crippen LogP contribution in [-0.2, 0) is 77.6 Å². The van der Waals surface area contributed by atoms with E-state index < -0.39 is 0 Å². The number of rotatable bonds is 7. The van der Waals surface area contributed by atoms with E-state index in [9.17, 15) is 14.4 Å². The maximum atomic E-state index is 10.0. The van der Waals surface area contributed by atoms with E-state index in [0.717, 1.165) is 22.6 Å². The van der Waals surface area contributed by atoms with Gasteiger partial charge < -0.3 is 20.3 Å². The van der Waals surface area contributed by atoms with Gasteiger partial charge in [-0.05, 0) is 77.2 Å². The van der Waals surface area contributed by atoms with Crippen LogP contribution in [0.4, 0.5) is 0 Å². The second-order valence-electron chi connectivity index (χ2n) is 13.7. The fourth-order valence-electron chi connectivity index (χ4n) is 5.24. The van der Waals surface area contributed by atoms with Crippen molar-refractivity contribution in [3.05, 3.63) is 174 Å². The van der Waals surface area contributed by atoms with Crippen LogP contribution in [0.5, 0.6) is 0 Å². The number of benzene rings is 3. The van der Waals surface area contributed by atoms with Crippen molar-refractivity contribution in [3.8, 4) is 28.2 Å². The number of allylic oxidation sites excluding steroid dienone is 6. The van der Waals surface area contributed by atoms with Gasteiger partial charge in [-0.3, -0.25) is 14.4 Å². The molecule has 20 heteroatoms. The van der Waals surface area contributed by atoms with Gasteiger partial charge in [-0.1, -0.05) is 72.0 Å². The van der Waals surface area contributed by atoms with Gasteiger partial charge in [-0.15, -0.1) is 27.4 Å². The van der Waals surface area contributed by atoms with Crippen LogP contribution >= 0.6 is 0 Å². The van der Waals surface area contributed by atoms with Gasteiger partial charge in [0.05, 0.1) is 23.5 Å². The summed E-state index contributed by atoms with van der Waals surface area (Å²) in [6.45, 7) is 16.9. The molecule has 0 aliphatic carbocycles. The molecule has 0 spiro atoms. The predicted molar refractivity (Wildman–Crippen MR) is 242 cm³/mol. The van der Waals surface area contributed by atoms with E-state index in [1.165, 1.54) is 105 Å². The van der Waals surface area contributed by atoms with Crippen LogP contribution in [0.15, 0.2) is 134 Å². The summed E-state index contributed by atoms with van der Waals surface area (Å²) in [6.07, 6.45) is 14.9. The Bertz CT molecular complexity index is 2490. The summed E-state index contributed by atoms with van der Waals surface area (Å²) < 4.78 is 4.94. The quantitative estimate of drug-likeness (QED) is 0.0781. The van der Waals surface area contributed by atoms with E-state index in [1.807, 2.05) is 31.3 Å². The van der Waals surface area contributed by atoms with Crippen molar-refractivity contribution < 1.29 is 92.9 Å². The summed E-state index contributed by atoms with van der Waals surface area (Å²) in [7, 11) is 0. The molecule has 0 amide bonds. The van der Waals surface area contributed by atoms with Crippen molar-refractivity contribution in [2.75, 3.05) is 0 Å². The number of hydrogen-bond donors (Lipinski definition) is 3. The van der Waals surface area contributed by atoms with E-state index in [0.29, 0.717) is 0 Å². The molecule has 3 N–H and O–H groups in total. The van der Waals surface area contributed by atoms with Gasteiger partial charge in [0.2, 0.25) is 0 Å². The Kier molecular flexibility index (Phi) is 32.1. The first kappa shape index (κ1) is 62.9. The summed E-state index contributed by atoms with van der Waals surface area (Å²) in [4.78, 5) is 37.8. The van der Waals surface area contributed by atoms with Gasteiger partial charge in [0.1, 0.15) is 19.0 Å². The molecule has 3 aromatic carbocycles. The van der Waals surface area contributed by atoms with Gasteiger partial charge in [0.15, 0.2) is 17.3 Å². The maximum absolute atomic E-state index is 10.0. The Morgan fingerprint density at radius 3 is 1.57 bits per heavy atom. The number of tetrazole rings is 1. The second kappa shape index (κ2) is 34.2. The molecule has 364 valence electrons. The van der Waals surface area contributed by atoms with E-state index in [2.05, 4.69) is 110 Å². The van der Waals surface area contributed by atoms with Crippen molar-refractivity contribution >= 4 is 17.3 Å². The molecule has 67 heavy (non-hydrogen) atoms. The van der Waals surface area contributed by atoms with Crippen molar-refractivity contribution in [1.29, 1.82) is 0 Å². The molecular weight excluding hydrogens is 1400 g/mol. The number of aliphatic hydroxyl groups is 3. The smallest absolute Gasteiger partial charge is 0.155 e. The summed E-state index contributed by atoms with van der Waals surface area (Å²) in [6, 6.07) is 27.6. The fourth-order valence-corrected chi connectivity index (χ4v) is 5.24. The van der Waals surface area contributed by atoms with Gasteiger partial charge in [0, 0.05) is 87.6 Å². The van der Waals surface area contributed by atoms with E-state index in [1.54, 1.807) is 40.3 Å². The molecule has 0 saturated heterocycles. The maximum Gasteiger partial charge on any atom is 0.155 e. The number of carbonyl (C=O) groups excluding carboxylic acids is 3. The molecule has 17 nitrogen and oxygen atoms in total. The first-order chi connectivity index (χ1) is 30.4. The second-order valence-corrected chi connectivity index (χ2v) is 13.7. The molecule has 0 fully saturated rings. The first-order valence-corrected chi connectivity index (χ1v) is 19.3. The van der Waals surface area contributed by atoms with Crippen LogP contribution in [0.3, 0.4) is 0 Å². The minimum atomic E-state index is -0.125. The fraction of sp³-hybridized carbons (Fsp3) is 0.213. The molecule has 0 aliphatic heterocycles. The summed E-state index contributed by atoms with van der Waals surface area (Å²) in [5, 5.41) is 47.5. The number of aryl methyl sites for hydroxylation is 4. The number of nitrogens with zero attached hydrogens (tertiary/aromatic N) is 11. The number of pyridine rings is 1.